The molecule has 0 unspecified atom stereocenters. The zero-order valence-electron chi connectivity index (χ0n) is 5.71. The predicted molar refractivity (Wildman–Crippen MR) is 40.5 cm³/mol. The molecule has 53 valence electrons. The Kier molecular flexibility index (Phi) is 1.32. The van der Waals surface area contributed by atoms with Crippen molar-refractivity contribution in [1.29, 1.82) is 0 Å². The van der Waals surface area contributed by atoms with E-state index in [1.54, 1.807) is 18.5 Å². The van der Waals surface area contributed by atoms with E-state index in [9.17, 15) is 4.39 Å². The van der Waals surface area contributed by atoms with Crippen LogP contribution in [0.15, 0.2) is 30.6 Å². The van der Waals surface area contributed by atoms with Crippen LogP contribution in [0.25, 0.3) is 10.8 Å². The Bertz CT molecular complexity index is 384. The van der Waals surface area contributed by atoms with Crippen LogP contribution in [0, 0.1) is 11.9 Å². The van der Waals surface area contributed by atoms with E-state index in [4.69, 9.17) is 0 Å². The van der Waals surface area contributed by atoms with Crippen molar-refractivity contribution >= 4 is 10.8 Å². The highest BCUT2D eigenvalue weighted by molar-refractivity contribution is 5.80. The van der Waals surface area contributed by atoms with Crippen molar-refractivity contribution in [1.82, 2.24) is 4.98 Å². The van der Waals surface area contributed by atoms with Gasteiger partial charge in [-0.05, 0) is 29.7 Å². The number of pyridine rings is 1. The largest absolute Gasteiger partial charge is 0.264 e. The Hall–Kier alpha value is -1.44. The number of nitrogens with zero attached hydrogens (tertiary/aromatic N) is 1. The molecule has 1 aromatic carbocycles. The Morgan fingerprint density at radius 1 is 1.45 bits per heavy atom. The third-order valence-electron chi connectivity index (χ3n) is 1.51. The molecule has 0 amide bonds. The van der Waals surface area contributed by atoms with Crippen molar-refractivity contribution in [3.8, 4) is 0 Å². The average molecular weight is 146 g/mol. The molecule has 1 aromatic heterocycles. The van der Waals surface area contributed by atoms with Gasteiger partial charge < -0.3 is 0 Å². The third kappa shape index (κ3) is 1.07. The molecular weight excluding hydrogens is 141 g/mol. The lowest BCUT2D eigenvalue weighted by atomic mass is 10.2. The van der Waals surface area contributed by atoms with Crippen LogP contribution in [-0.4, -0.2) is 4.98 Å². The van der Waals surface area contributed by atoms with Gasteiger partial charge in [0, 0.05) is 17.8 Å². The van der Waals surface area contributed by atoms with Gasteiger partial charge >= 0.3 is 0 Å². The Morgan fingerprint density at radius 3 is 3.27 bits per heavy atom. The molecule has 1 heterocycles. The van der Waals surface area contributed by atoms with E-state index in [2.05, 4.69) is 11.1 Å². The first-order valence-electron chi connectivity index (χ1n) is 3.27. The van der Waals surface area contributed by atoms with Gasteiger partial charge in [-0.3, -0.25) is 4.98 Å². The van der Waals surface area contributed by atoms with Gasteiger partial charge in [0.1, 0.15) is 5.82 Å². The first kappa shape index (κ1) is 6.28. The molecule has 11 heavy (non-hydrogen) atoms. The van der Waals surface area contributed by atoms with Crippen molar-refractivity contribution < 1.29 is 4.39 Å². The van der Waals surface area contributed by atoms with Gasteiger partial charge in [0.15, 0.2) is 0 Å². The van der Waals surface area contributed by atoms with Crippen LogP contribution in [-0.2, 0) is 0 Å². The highest BCUT2D eigenvalue weighted by Gasteiger charge is 1.93. The van der Waals surface area contributed by atoms with Gasteiger partial charge in [-0.2, -0.15) is 0 Å². The summed E-state index contributed by atoms with van der Waals surface area (Å²) >= 11 is 0. The minimum Gasteiger partial charge on any atom is -0.264 e. The summed E-state index contributed by atoms with van der Waals surface area (Å²) in [6.45, 7) is 0. The summed E-state index contributed by atoms with van der Waals surface area (Å²) in [7, 11) is 0. The smallest absolute Gasteiger partial charge is 0.124 e. The van der Waals surface area contributed by atoms with Crippen LogP contribution in [0.1, 0.15) is 0 Å². The summed E-state index contributed by atoms with van der Waals surface area (Å²) in [5, 5.41) is 1.67. The molecule has 0 saturated heterocycles. The number of fused-ring (bicyclic) bond motifs is 1. The lowest BCUT2D eigenvalue weighted by Gasteiger charge is -1.93. The second-order valence-corrected chi connectivity index (χ2v) is 2.28. The second-order valence-electron chi connectivity index (χ2n) is 2.28. The zero-order valence-corrected chi connectivity index (χ0v) is 5.71. The molecule has 0 bridgehead atoms. The van der Waals surface area contributed by atoms with Crippen molar-refractivity contribution in [2.45, 2.75) is 0 Å². The van der Waals surface area contributed by atoms with Gasteiger partial charge in [-0.25, -0.2) is 4.39 Å². The summed E-state index contributed by atoms with van der Waals surface area (Å²) in [5.74, 6) is -0.273. The van der Waals surface area contributed by atoms with Gasteiger partial charge in [0.2, 0.25) is 0 Å². The molecule has 2 rings (SSSR count). The van der Waals surface area contributed by atoms with Crippen LogP contribution in [0.5, 0.6) is 0 Å². The Morgan fingerprint density at radius 2 is 2.36 bits per heavy atom. The van der Waals surface area contributed by atoms with Gasteiger partial charge in [0.05, 0.1) is 0 Å². The maximum atomic E-state index is 12.6. The SMILES string of the molecule is Fc1c[c]c2ccncc2c1. The first-order chi connectivity index (χ1) is 5.36. The van der Waals surface area contributed by atoms with Crippen LogP contribution in [0.3, 0.4) is 0 Å². The standard InChI is InChI=1S/C9H5FN/c10-9-2-1-7-3-4-11-6-8(7)5-9/h2-6H. The van der Waals surface area contributed by atoms with Crippen molar-refractivity contribution in [2.24, 2.45) is 0 Å². The molecular formula is C9H5FN. The van der Waals surface area contributed by atoms with Crippen LogP contribution < -0.4 is 0 Å². The molecule has 0 atom stereocenters. The van der Waals surface area contributed by atoms with E-state index in [1.165, 1.54) is 12.1 Å². The van der Waals surface area contributed by atoms with Crippen molar-refractivity contribution in [3.63, 3.8) is 0 Å². The molecule has 1 radical (unpaired) electrons. The Labute approximate surface area is 63.5 Å². The van der Waals surface area contributed by atoms with E-state index < -0.39 is 0 Å². The monoisotopic (exact) mass is 146 g/mol. The van der Waals surface area contributed by atoms with Crippen LogP contribution >= 0.6 is 0 Å². The van der Waals surface area contributed by atoms with Crippen molar-refractivity contribution in [2.75, 3.05) is 0 Å². The lowest BCUT2D eigenvalue weighted by Crippen LogP contribution is -1.77. The quantitative estimate of drug-likeness (QED) is 0.555. The summed E-state index contributed by atoms with van der Waals surface area (Å²) in [4.78, 5) is 3.87. The van der Waals surface area contributed by atoms with Crippen molar-refractivity contribution in [3.05, 3.63) is 42.5 Å². The van der Waals surface area contributed by atoms with Crippen LogP contribution in [0.2, 0.25) is 0 Å². The number of halogens is 1. The Balaban J connectivity index is 2.83. The fraction of sp³-hybridized carbons (Fsp3) is 0. The molecule has 2 heteroatoms. The van der Waals surface area contributed by atoms with E-state index in [1.807, 2.05) is 0 Å². The molecule has 0 aliphatic carbocycles. The van der Waals surface area contributed by atoms with E-state index >= 15 is 0 Å². The third-order valence-corrected chi connectivity index (χ3v) is 1.51. The summed E-state index contributed by atoms with van der Waals surface area (Å²) in [5.41, 5.74) is 0. The number of benzene rings is 1. The van der Waals surface area contributed by atoms with E-state index in [0.29, 0.717) is 0 Å². The molecule has 0 spiro atoms. The lowest BCUT2D eigenvalue weighted by molar-refractivity contribution is 0.629. The van der Waals surface area contributed by atoms with E-state index in [-0.39, 0.29) is 5.82 Å². The minimum atomic E-state index is -0.273. The summed E-state index contributed by atoms with van der Waals surface area (Å²) in [6, 6.07) is 7.37. The highest BCUT2D eigenvalue weighted by Crippen LogP contribution is 2.11. The molecule has 0 N–H and O–H groups in total. The van der Waals surface area contributed by atoms with E-state index in [0.717, 1.165) is 10.8 Å². The maximum absolute atomic E-state index is 12.6. The topological polar surface area (TPSA) is 12.9 Å². The van der Waals surface area contributed by atoms with Crippen LogP contribution in [0.4, 0.5) is 4.39 Å². The summed E-state index contributed by atoms with van der Waals surface area (Å²) < 4.78 is 12.6. The first-order valence-corrected chi connectivity index (χ1v) is 3.27. The minimum absolute atomic E-state index is 0.273. The van der Waals surface area contributed by atoms with Gasteiger partial charge in [-0.15, -0.1) is 0 Å². The molecule has 0 saturated carbocycles. The molecule has 2 aromatic rings. The second kappa shape index (κ2) is 2.31. The molecule has 0 aliphatic rings. The number of aromatic nitrogens is 1. The maximum Gasteiger partial charge on any atom is 0.124 e. The normalized spacial score (nSPS) is 10.3. The molecule has 0 fully saturated rings. The predicted octanol–water partition coefficient (Wildman–Crippen LogP) is 2.17. The fourth-order valence-corrected chi connectivity index (χ4v) is 0.990. The summed E-state index contributed by atoms with van der Waals surface area (Å²) in [6.07, 6.45) is 3.28. The van der Waals surface area contributed by atoms with Gasteiger partial charge in [-0.1, -0.05) is 0 Å². The number of hydrogen-bond donors (Lipinski definition) is 0. The number of rotatable bonds is 0. The fourth-order valence-electron chi connectivity index (χ4n) is 0.990. The van der Waals surface area contributed by atoms with Gasteiger partial charge in [0.25, 0.3) is 0 Å². The number of hydrogen-bond acceptors (Lipinski definition) is 1. The highest BCUT2D eigenvalue weighted by atomic mass is 19.1. The molecule has 1 nitrogen and oxygen atoms in total. The zero-order chi connectivity index (χ0) is 7.68. The molecule has 0 aliphatic heterocycles. The average Bonchev–Trinajstić information content (AvgIpc) is 2.04.